The van der Waals surface area contributed by atoms with Crippen LogP contribution in [-0.4, -0.2) is 24.8 Å². The van der Waals surface area contributed by atoms with Gasteiger partial charge < -0.3 is 9.47 Å². The Morgan fingerprint density at radius 2 is 0.174 bits per heavy atom. The lowest BCUT2D eigenvalue weighted by molar-refractivity contribution is -0.0480. The number of ether oxygens (including phenoxy) is 2. The van der Waals surface area contributed by atoms with E-state index >= 15 is 0 Å². The van der Waals surface area contributed by atoms with E-state index in [1.54, 1.807) is 0 Å². The quantitative estimate of drug-likeness (QED) is 0.0343. The predicted molar refractivity (Wildman–Crippen MR) is 684 cm³/mol. The van der Waals surface area contributed by atoms with Gasteiger partial charge in [0.05, 0.1) is 13.2 Å². The molecular weight excluding hydrogens is 1870 g/mol. The first-order valence-electron chi connectivity index (χ1n) is 69.4. The van der Waals surface area contributed by atoms with Crippen LogP contribution in [0.2, 0.25) is 0 Å². The molecule has 0 aromatic carbocycles. The molecule has 0 aromatic rings. The summed E-state index contributed by atoms with van der Waals surface area (Å²) in [4.78, 5) is 0. The van der Waals surface area contributed by atoms with Crippen molar-refractivity contribution in [3.05, 3.63) is 134 Å². The van der Waals surface area contributed by atoms with Crippen molar-refractivity contribution in [3.8, 4) is 0 Å². The summed E-state index contributed by atoms with van der Waals surface area (Å²) in [5.74, 6) is 0. The zero-order valence-electron chi connectivity index (χ0n) is 101. The van der Waals surface area contributed by atoms with E-state index in [0.717, 1.165) is 19.6 Å². The summed E-state index contributed by atoms with van der Waals surface area (Å²) in [7, 11) is 0. The maximum Gasteiger partial charge on any atom is 0.157 e. The maximum absolute atomic E-state index is 5.53. The van der Waals surface area contributed by atoms with E-state index in [-0.39, 0.29) is 6.29 Å². The molecule has 2 nitrogen and oxygen atoms in total. The topological polar surface area (TPSA) is 18.5 Å². The lowest BCUT2D eigenvalue weighted by atomic mass is 10.0. The molecule has 0 unspecified atom stereocenters. The van der Waals surface area contributed by atoms with E-state index in [9.17, 15) is 0 Å². The maximum atomic E-state index is 5.53. The van der Waals surface area contributed by atoms with Crippen LogP contribution >= 0.6 is 15.9 Å². The van der Waals surface area contributed by atoms with Gasteiger partial charge in [-0.25, -0.2) is 0 Å². The van der Waals surface area contributed by atoms with Crippen molar-refractivity contribution in [2.24, 2.45) is 0 Å². The van der Waals surface area contributed by atoms with Crippen molar-refractivity contribution in [3.63, 3.8) is 0 Å². The van der Waals surface area contributed by atoms with Gasteiger partial charge in [-0.05, 0) is 302 Å². The van der Waals surface area contributed by atoms with Gasteiger partial charge in [0.15, 0.2) is 6.29 Å². The highest BCUT2D eigenvalue weighted by Gasteiger charge is 2.15. The van der Waals surface area contributed by atoms with Crippen molar-refractivity contribution in [2.45, 2.75) is 777 Å². The number of alkyl halides is 1. The van der Waals surface area contributed by atoms with Crippen LogP contribution in [0.5, 0.6) is 0 Å². The van der Waals surface area contributed by atoms with E-state index in [0.29, 0.717) is 0 Å². The van der Waals surface area contributed by atoms with Crippen LogP contribution in [0.15, 0.2) is 134 Å². The van der Waals surface area contributed by atoms with Crippen LogP contribution in [0.4, 0.5) is 0 Å². The Bertz CT molecular complexity index is 2580. The number of hydrogen-bond donors (Lipinski definition) is 0. The van der Waals surface area contributed by atoms with Gasteiger partial charge in [0.25, 0.3) is 0 Å². The van der Waals surface area contributed by atoms with Crippen molar-refractivity contribution in [2.75, 3.05) is 18.5 Å². The Morgan fingerprint density at radius 1 is 0.101 bits per heavy atom. The second kappa shape index (κ2) is 140. The Morgan fingerprint density at radius 3 is 0.262 bits per heavy atom. The molecule has 1 heterocycles. The minimum absolute atomic E-state index is 0.0964. The van der Waals surface area contributed by atoms with Crippen molar-refractivity contribution in [1.29, 1.82) is 0 Å². The fourth-order valence-corrected chi connectivity index (χ4v) is 22.6. The molecule has 0 spiro atoms. The minimum atomic E-state index is 0.0964. The average molecular weight is 2140 g/mol. The van der Waals surface area contributed by atoms with Crippen LogP contribution in [0.1, 0.15) is 770 Å². The molecule has 0 aromatic heterocycles. The average Bonchev–Trinajstić information content (AvgIpc) is 1.85. The van der Waals surface area contributed by atoms with Crippen molar-refractivity contribution < 1.29 is 9.47 Å². The molecule has 872 valence electrons. The van der Waals surface area contributed by atoms with Crippen molar-refractivity contribution >= 4 is 15.9 Å². The molecule has 0 atom stereocenters. The number of allylic oxidation sites excluding steroid dienone is 22. The van der Waals surface area contributed by atoms with Crippen LogP contribution in [0.25, 0.3) is 0 Å². The number of hydrogen-bond acceptors (Lipinski definition) is 2. The predicted octanol–water partition coefficient (Wildman–Crippen LogP) is 53.7. The second-order valence-corrected chi connectivity index (χ2v) is 48.3. The standard InChI is InChI=1S/C146H269BrO2/c147-143-141-139-137-135-133-131-129-127-125-123-121-119-117-115-113-111-109-107-105-103-101-99-97-95-93-91-89-87-85-83-81-79-77-75-73-71-69-67-65-63-61-59-57-55-53-51-49-47-45-43-41-39-37-35-33-31-29-27-25-23-21-19-17-15-13-11-9-7-5-3-1-2-4-6-8-10-12-14-16-18-20-22-24-26-28-30-32-34-36-38-40-42-44-46-48-50-52-54-56-58-60-62-64-66-68-70-72-74-76-78-80-82-84-86-88-90-92-94-96-98-100-102-104-106-108-110-112-114-116-118-120-122-124-126-128-130-132-134-136-138-140-142-146-148-144-145-149-146/h1-2,23-26,47-50,71-74,95-98,119-122,146H,3-22,27-46,51-70,75-94,99-118,123-145H2/b2-1+,25-23+,26-24+,49-47+,50-48+,73-71+,74-72+,97-95+,98-96+,121-119+,122-120+. The van der Waals surface area contributed by atoms with E-state index < -0.39 is 0 Å². The SMILES string of the molecule is BrCCCCCCCCCCC/C=C/CCCCCCCCCC/C=C/CCCCCCCCCC/C=C/CCCCCCCCCC/C=C/CCCCCCCCCC/C=C/CCCCCCCCCC/C=C/CCCCCCCCCC/C=C/CCCCCCCCCC/C=C/CCCCCCCCCC/C=C/CCCCCCCCCC/C=C/CCCCCCCCCC/C=C/CCCCCCCCCCC1OCCO1. The largest absolute Gasteiger partial charge is 0.350 e. The van der Waals surface area contributed by atoms with E-state index in [1.165, 1.54) is 769 Å². The van der Waals surface area contributed by atoms with Crippen LogP contribution in [-0.2, 0) is 9.47 Å². The number of unbranched alkanes of at least 4 members (excludes halogenated alkanes) is 107. The zero-order chi connectivity index (χ0) is 106. The third kappa shape index (κ3) is 136. The Balaban J connectivity index is 1.64. The van der Waals surface area contributed by atoms with Gasteiger partial charge in [-0.2, -0.15) is 0 Å². The minimum Gasteiger partial charge on any atom is -0.350 e. The number of halogens is 1. The summed E-state index contributed by atoms with van der Waals surface area (Å²) in [5, 5.41) is 1.18. The van der Waals surface area contributed by atoms with E-state index in [2.05, 4.69) is 150 Å². The molecule has 1 aliphatic heterocycles. The number of rotatable bonds is 132. The smallest absolute Gasteiger partial charge is 0.157 e. The summed E-state index contributed by atoms with van der Waals surface area (Å²) < 4.78 is 11.1. The summed E-state index contributed by atoms with van der Waals surface area (Å²) in [5.41, 5.74) is 0. The van der Waals surface area contributed by atoms with Gasteiger partial charge in [-0.3, -0.25) is 0 Å². The summed E-state index contributed by atoms with van der Waals surface area (Å²) in [6, 6.07) is 0. The van der Waals surface area contributed by atoms with Crippen LogP contribution in [0, 0.1) is 0 Å². The van der Waals surface area contributed by atoms with Gasteiger partial charge in [0.2, 0.25) is 0 Å². The third-order valence-electron chi connectivity index (χ3n) is 32.5. The van der Waals surface area contributed by atoms with Crippen LogP contribution in [0.3, 0.4) is 0 Å². The van der Waals surface area contributed by atoms with Gasteiger partial charge in [0.1, 0.15) is 0 Å². The first-order valence-corrected chi connectivity index (χ1v) is 70.5. The highest BCUT2D eigenvalue weighted by Crippen LogP contribution is 2.26. The third-order valence-corrected chi connectivity index (χ3v) is 33.1. The van der Waals surface area contributed by atoms with Gasteiger partial charge >= 0.3 is 0 Å². The fraction of sp³-hybridized carbons (Fsp3) is 0.849. The molecule has 149 heavy (non-hydrogen) atoms. The van der Waals surface area contributed by atoms with Gasteiger partial charge in [-0.15, -0.1) is 0 Å². The van der Waals surface area contributed by atoms with E-state index in [4.69, 9.17) is 9.47 Å². The molecule has 0 bridgehead atoms. The molecule has 1 saturated heterocycles. The van der Waals surface area contributed by atoms with Gasteiger partial charge in [0, 0.05) is 5.33 Å². The fourth-order valence-electron chi connectivity index (χ4n) is 22.2. The highest BCUT2D eigenvalue weighted by atomic mass is 79.9. The molecule has 1 aliphatic rings. The first-order chi connectivity index (χ1) is 74.4. The molecule has 1 fully saturated rings. The Labute approximate surface area is 947 Å². The van der Waals surface area contributed by atoms with Crippen molar-refractivity contribution in [1.82, 2.24) is 0 Å². The Hall–Kier alpha value is -2.46. The molecule has 0 amide bonds. The molecule has 0 radical (unpaired) electrons. The summed E-state index contributed by atoms with van der Waals surface area (Å²) in [6.07, 6.45) is 222. The van der Waals surface area contributed by atoms with Crippen LogP contribution < -0.4 is 0 Å². The lowest BCUT2D eigenvalue weighted by Gasteiger charge is -2.08. The molecule has 0 saturated carbocycles. The summed E-state index contributed by atoms with van der Waals surface area (Å²) >= 11 is 3.54. The molecule has 0 N–H and O–H groups in total. The zero-order valence-corrected chi connectivity index (χ0v) is 103. The molecule has 0 aliphatic carbocycles. The monoisotopic (exact) mass is 2130 g/mol. The highest BCUT2D eigenvalue weighted by molar-refractivity contribution is 9.09. The molecular formula is C146H269BrO2. The molecule has 1 rings (SSSR count). The van der Waals surface area contributed by atoms with E-state index in [1.807, 2.05) is 0 Å². The first kappa shape index (κ1) is 145. The van der Waals surface area contributed by atoms with Gasteiger partial charge in [-0.1, -0.05) is 618 Å². The Kier molecular flexibility index (Phi) is 136. The summed E-state index contributed by atoms with van der Waals surface area (Å²) in [6.45, 7) is 1.58. The molecule has 3 heteroatoms. The normalized spacial score (nSPS) is 13.1. The lowest BCUT2D eigenvalue weighted by Crippen LogP contribution is -2.06. The second-order valence-electron chi connectivity index (χ2n) is 47.5.